The van der Waals surface area contributed by atoms with E-state index in [1.54, 1.807) is 0 Å². The van der Waals surface area contributed by atoms with E-state index in [1.165, 1.54) is 12.1 Å². The minimum Gasteiger partial charge on any atom is -0.342 e. The summed E-state index contributed by atoms with van der Waals surface area (Å²) in [7, 11) is 0. The van der Waals surface area contributed by atoms with E-state index in [4.69, 9.17) is 0 Å². The van der Waals surface area contributed by atoms with Crippen LogP contribution < -0.4 is 0 Å². The topological polar surface area (TPSA) is 23.6 Å². The van der Waals surface area contributed by atoms with Crippen LogP contribution >= 0.6 is 0 Å². The van der Waals surface area contributed by atoms with Crippen molar-refractivity contribution in [1.82, 2.24) is 9.80 Å². The van der Waals surface area contributed by atoms with Gasteiger partial charge in [0.15, 0.2) is 0 Å². The van der Waals surface area contributed by atoms with E-state index in [2.05, 4.69) is 16.7 Å². The molecule has 3 rings (SSSR count). The van der Waals surface area contributed by atoms with Crippen molar-refractivity contribution >= 4 is 5.91 Å². The van der Waals surface area contributed by atoms with Gasteiger partial charge in [-0.25, -0.2) is 4.39 Å². The molecule has 2 aliphatic heterocycles. The fourth-order valence-corrected chi connectivity index (χ4v) is 3.67. The number of hydrogen-bond acceptors (Lipinski definition) is 2. The first-order valence-electron chi connectivity index (χ1n) is 8.87. The van der Waals surface area contributed by atoms with Gasteiger partial charge in [-0.15, -0.1) is 0 Å². The van der Waals surface area contributed by atoms with Gasteiger partial charge in [0.05, 0.1) is 0 Å². The molecule has 23 heavy (non-hydrogen) atoms. The van der Waals surface area contributed by atoms with Crippen molar-refractivity contribution in [2.45, 2.75) is 39.2 Å². The van der Waals surface area contributed by atoms with E-state index in [-0.39, 0.29) is 11.7 Å². The molecule has 2 heterocycles. The van der Waals surface area contributed by atoms with Crippen molar-refractivity contribution in [2.75, 3.05) is 26.2 Å². The molecule has 1 aromatic carbocycles. The third-order valence-corrected chi connectivity index (χ3v) is 5.35. The fourth-order valence-electron chi connectivity index (χ4n) is 3.67. The molecule has 0 atom stereocenters. The molecule has 0 N–H and O–H groups in total. The zero-order valence-electron chi connectivity index (χ0n) is 14.0. The normalized spacial score (nSPS) is 21.6. The van der Waals surface area contributed by atoms with Crippen molar-refractivity contribution in [3.8, 4) is 0 Å². The molecule has 4 heteroatoms. The molecule has 0 unspecified atom stereocenters. The number of carbonyl (C=O) groups is 1. The lowest BCUT2D eigenvalue weighted by Gasteiger charge is -2.36. The molecule has 0 aromatic heterocycles. The Kier molecular flexibility index (Phi) is 5.31. The summed E-state index contributed by atoms with van der Waals surface area (Å²) in [5.41, 5.74) is 1.14. The maximum Gasteiger partial charge on any atom is 0.225 e. The number of rotatable bonds is 3. The maximum atomic E-state index is 13.0. The number of nitrogens with zero attached hydrogens (tertiary/aromatic N) is 2. The number of piperidine rings is 2. The smallest absolute Gasteiger partial charge is 0.225 e. The van der Waals surface area contributed by atoms with Crippen molar-refractivity contribution < 1.29 is 9.18 Å². The maximum absolute atomic E-state index is 13.0. The highest BCUT2D eigenvalue weighted by atomic mass is 19.1. The highest BCUT2D eigenvalue weighted by Gasteiger charge is 2.30. The Labute approximate surface area is 138 Å². The van der Waals surface area contributed by atoms with Crippen LogP contribution in [0.5, 0.6) is 0 Å². The van der Waals surface area contributed by atoms with Crippen LogP contribution in [-0.4, -0.2) is 41.9 Å². The second-order valence-corrected chi connectivity index (χ2v) is 7.18. The van der Waals surface area contributed by atoms with Gasteiger partial charge in [0, 0.05) is 25.6 Å². The standard InChI is InChI=1S/C19H27FN2O/c1-15-6-12-22(13-7-15)19(23)17-8-10-21(11-9-17)14-16-2-4-18(20)5-3-16/h2-5,15,17H,6-14H2,1H3. The summed E-state index contributed by atoms with van der Waals surface area (Å²) in [6.07, 6.45) is 4.20. The summed E-state index contributed by atoms with van der Waals surface area (Å²) in [4.78, 5) is 17.1. The van der Waals surface area contributed by atoms with Crippen LogP contribution in [0.1, 0.15) is 38.2 Å². The highest BCUT2D eigenvalue weighted by molar-refractivity contribution is 5.79. The number of benzene rings is 1. The first-order valence-corrected chi connectivity index (χ1v) is 8.87. The Morgan fingerprint density at radius 2 is 1.65 bits per heavy atom. The summed E-state index contributed by atoms with van der Waals surface area (Å²) < 4.78 is 13.0. The summed E-state index contributed by atoms with van der Waals surface area (Å²) in [6.45, 7) is 6.92. The summed E-state index contributed by atoms with van der Waals surface area (Å²) >= 11 is 0. The van der Waals surface area contributed by atoms with E-state index in [0.29, 0.717) is 5.91 Å². The second kappa shape index (κ2) is 7.43. The van der Waals surface area contributed by atoms with Crippen LogP contribution in [0.15, 0.2) is 24.3 Å². The first kappa shape index (κ1) is 16.4. The second-order valence-electron chi connectivity index (χ2n) is 7.18. The molecule has 1 amide bonds. The van der Waals surface area contributed by atoms with Crippen LogP contribution in [0.25, 0.3) is 0 Å². The van der Waals surface area contributed by atoms with E-state index in [1.807, 2.05) is 12.1 Å². The van der Waals surface area contributed by atoms with Gasteiger partial charge >= 0.3 is 0 Å². The van der Waals surface area contributed by atoms with Gasteiger partial charge in [-0.1, -0.05) is 19.1 Å². The number of carbonyl (C=O) groups excluding carboxylic acids is 1. The first-order chi connectivity index (χ1) is 11.1. The third kappa shape index (κ3) is 4.31. The Hall–Kier alpha value is -1.42. The number of likely N-dealkylation sites (tertiary alicyclic amines) is 2. The van der Waals surface area contributed by atoms with Gasteiger partial charge in [-0.05, 0) is 62.4 Å². The van der Waals surface area contributed by atoms with Gasteiger partial charge < -0.3 is 4.90 Å². The van der Waals surface area contributed by atoms with Gasteiger partial charge in [-0.2, -0.15) is 0 Å². The van der Waals surface area contributed by atoms with Crippen molar-refractivity contribution in [3.63, 3.8) is 0 Å². The molecular formula is C19H27FN2O. The molecule has 0 bridgehead atoms. The molecular weight excluding hydrogens is 291 g/mol. The average Bonchev–Trinajstić information content (AvgIpc) is 2.58. The number of hydrogen-bond donors (Lipinski definition) is 0. The number of amides is 1. The molecule has 0 aliphatic carbocycles. The molecule has 1 aromatic rings. The van der Waals surface area contributed by atoms with Gasteiger partial charge in [-0.3, -0.25) is 9.69 Å². The number of halogens is 1. The zero-order chi connectivity index (χ0) is 16.2. The third-order valence-electron chi connectivity index (χ3n) is 5.35. The molecule has 2 aliphatic rings. The molecule has 0 spiro atoms. The lowest BCUT2D eigenvalue weighted by atomic mass is 9.92. The molecule has 0 radical (unpaired) electrons. The van der Waals surface area contributed by atoms with Gasteiger partial charge in [0.25, 0.3) is 0 Å². The fraction of sp³-hybridized carbons (Fsp3) is 0.632. The molecule has 0 saturated carbocycles. The highest BCUT2D eigenvalue weighted by Crippen LogP contribution is 2.24. The van der Waals surface area contributed by atoms with E-state index < -0.39 is 0 Å². The van der Waals surface area contributed by atoms with Crippen LogP contribution in [0.2, 0.25) is 0 Å². The zero-order valence-corrected chi connectivity index (χ0v) is 14.0. The van der Waals surface area contributed by atoms with Crippen molar-refractivity contribution in [3.05, 3.63) is 35.6 Å². The molecule has 2 fully saturated rings. The van der Waals surface area contributed by atoms with Crippen molar-refractivity contribution in [1.29, 1.82) is 0 Å². The summed E-state index contributed by atoms with van der Waals surface area (Å²) in [5.74, 6) is 1.15. The predicted molar refractivity (Wildman–Crippen MR) is 89.4 cm³/mol. The molecule has 2 saturated heterocycles. The minimum absolute atomic E-state index is 0.186. The van der Waals surface area contributed by atoms with E-state index in [9.17, 15) is 9.18 Å². The monoisotopic (exact) mass is 318 g/mol. The molecule has 126 valence electrons. The SMILES string of the molecule is CC1CCN(C(=O)C2CCN(Cc3ccc(F)cc3)CC2)CC1. The Balaban J connectivity index is 1.46. The van der Waals surface area contributed by atoms with Gasteiger partial charge in [0.1, 0.15) is 5.82 Å². The van der Waals surface area contributed by atoms with E-state index >= 15 is 0 Å². The summed E-state index contributed by atoms with van der Waals surface area (Å²) in [5, 5.41) is 0. The Morgan fingerprint density at radius 1 is 1.04 bits per heavy atom. The van der Waals surface area contributed by atoms with Crippen LogP contribution in [0, 0.1) is 17.7 Å². The van der Waals surface area contributed by atoms with Crippen LogP contribution in [-0.2, 0) is 11.3 Å². The minimum atomic E-state index is -0.186. The van der Waals surface area contributed by atoms with Crippen LogP contribution in [0.3, 0.4) is 0 Å². The Bertz CT molecular complexity index is 515. The van der Waals surface area contributed by atoms with E-state index in [0.717, 1.165) is 69.9 Å². The lowest BCUT2D eigenvalue weighted by Crippen LogP contribution is -2.45. The van der Waals surface area contributed by atoms with Gasteiger partial charge in [0.2, 0.25) is 5.91 Å². The largest absolute Gasteiger partial charge is 0.342 e. The Morgan fingerprint density at radius 3 is 2.26 bits per heavy atom. The lowest BCUT2D eigenvalue weighted by molar-refractivity contribution is -0.138. The van der Waals surface area contributed by atoms with Crippen LogP contribution in [0.4, 0.5) is 4.39 Å². The van der Waals surface area contributed by atoms with Crippen molar-refractivity contribution in [2.24, 2.45) is 11.8 Å². The quantitative estimate of drug-likeness (QED) is 0.854. The average molecular weight is 318 g/mol. The predicted octanol–water partition coefficient (Wildman–Crippen LogP) is 3.30. The summed E-state index contributed by atoms with van der Waals surface area (Å²) in [6, 6.07) is 6.73. The molecule has 3 nitrogen and oxygen atoms in total.